The number of nitrogens with zero attached hydrogens (tertiary/aromatic N) is 5. The number of non-ortho nitro benzene ring substituents is 1. The number of amides is 3. The Bertz CT molecular complexity index is 1530. The van der Waals surface area contributed by atoms with Crippen molar-refractivity contribution in [3.05, 3.63) is 79.0 Å². The molecule has 0 spiro atoms. The second kappa shape index (κ2) is 10.0. The number of aromatic nitrogens is 2. The maximum atomic E-state index is 13.8. The number of morpholine rings is 1. The summed E-state index contributed by atoms with van der Waals surface area (Å²) in [6.07, 6.45) is 3.21. The lowest BCUT2D eigenvalue weighted by molar-refractivity contribution is -0.384. The first-order chi connectivity index (χ1) is 18.8. The predicted octanol–water partition coefficient (Wildman–Crippen LogP) is 1.87. The summed E-state index contributed by atoms with van der Waals surface area (Å²) >= 11 is 2.09. The number of carbonyl (C=O) groups is 3. The highest BCUT2D eigenvalue weighted by Crippen LogP contribution is 2.53. The van der Waals surface area contributed by atoms with E-state index in [4.69, 9.17) is 4.74 Å². The topological polar surface area (TPSA) is 145 Å². The molecule has 6 rings (SSSR count). The molecule has 1 aromatic carbocycles. The van der Waals surface area contributed by atoms with Crippen molar-refractivity contribution in [2.45, 2.75) is 22.7 Å². The third-order valence-electron chi connectivity index (χ3n) is 7.07. The average Bonchev–Trinajstić information content (AvgIpc) is 3.40. The van der Waals surface area contributed by atoms with Crippen molar-refractivity contribution in [1.29, 1.82) is 0 Å². The fourth-order valence-electron chi connectivity index (χ4n) is 5.20. The summed E-state index contributed by atoms with van der Waals surface area (Å²) in [6, 6.07) is 8.77. The van der Waals surface area contributed by atoms with Crippen LogP contribution in [0, 0.1) is 16.0 Å². The Morgan fingerprint density at radius 1 is 1.10 bits per heavy atom. The molecule has 12 nitrogen and oxygen atoms in total. The molecule has 3 atom stereocenters. The molecule has 5 heterocycles. The minimum atomic E-state index is -0.857. The van der Waals surface area contributed by atoms with Gasteiger partial charge in [-0.05, 0) is 23.8 Å². The van der Waals surface area contributed by atoms with E-state index in [9.17, 15) is 29.3 Å². The van der Waals surface area contributed by atoms with Crippen molar-refractivity contribution in [1.82, 2.24) is 14.5 Å². The van der Waals surface area contributed by atoms with Crippen LogP contribution in [0.25, 0.3) is 0 Å². The first-order valence-corrected chi connectivity index (χ1v) is 13.8. The van der Waals surface area contributed by atoms with E-state index in [1.165, 1.54) is 28.8 Å². The number of rotatable bonds is 5. The van der Waals surface area contributed by atoms with Gasteiger partial charge < -0.3 is 9.64 Å². The summed E-state index contributed by atoms with van der Waals surface area (Å²) < 4.78 is 6.72. The van der Waals surface area contributed by atoms with Gasteiger partial charge in [-0.2, -0.15) is 0 Å². The molecule has 2 unspecified atom stereocenters. The Balaban J connectivity index is 1.40. The summed E-state index contributed by atoms with van der Waals surface area (Å²) in [5.41, 5.74) is 0.751. The number of fused-ring (bicyclic) bond motifs is 2. The van der Waals surface area contributed by atoms with E-state index in [1.807, 2.05) is 0 Å². The van der Waals surface area contributed by atoms with Crippen molar-refractivity contribution < 1.29 is 24.0 Å². The van der Waals surface area contributed by atoms with Crippen LogP contribution < -0.4 is 9.77 Å². The molecule has 3 aromatic rings. The Morgan fingerprint density at radius 2 is 1.85 bits per heavy atom. The molecular weight excluding hydrogens is 546 g/mol. The summed E-state index contributed by atoms with van der Waals surface area (Å²) in [5, 5.41) is 10.7. The van der Waals surface area contributed by atoms with Crippen LogP contribution in [-0.4, -0.2) is 68.6 Å². The van der Waals surface area contributed by atoms with Crippen LogP contribution >= 0.6 is 23.1 Å². The SMILES string of the molecule is O=C(Cn1c2c(sc1=O)[C@@H](c1cccnc1)C1C(=O)N(c3ccc([N+](=O)[O-])cc3)C(=O)C1S2)N1CCOCC1. The summed E-state index contributed by atoms with van der Waals surface area (Å²) in [7, 11) is 0. The van der Waals surface area contributed by atoms with Gasteiger partial charge >= 0.3 is 4.87 Å². The van der Waals surface area contributed by atoms with Crippen LogP contribution in [0.5, 0.6) is 0 Å². The molecule has 0 saturated carbocycles. The highest BCUT2D eigenvalue weighted by Gasteiger charge is 2.57. The van der Waals surface area contributed by atoms with Crippen LogP contribution in [0.4, 0.5) is 11.4 Å². The second-order valence-electron chi connectivity index (χ2n) is 9.23. The summed E-state index contributed by atoms with van der Waals surface area (Å²) in [4.78, 5) is 71.5. The molecule has 2 aromatic heterocycles. The number of thioether (sulfide) groups is 1. The van der Waals surface area contributed by atoms with Gasteiger partial charge in [0.2, 0.25) is 17.7 Å². The Morgan fingerprint density at radius 3 is 2.51 bits per heavy atom. The van der Waals surface area contributed by atoms with Gasteiger partial charge in [0.15, 0.2) is 0 Å². The molecule has 14 heteroatoms. The molecule has 2 saturated heterocycles. The minimum Gasteiger partial charge on any atom is -0.378 e. The number of hydrogen-bond donors (Lipinski definition) is 0. The standard InChI is InChI=1S/C25H21N5O7S2/c31-17(27-8-10-37-11-9-27)13-28-24-21(39-25(28)34)18(14-2-1-7-26-12-14)19-20(38-24)23(33)29(22(19)32)15-3-5-16(6-4-15)30(35)36/h1-7,12,18-20H,8-11,13H2/t18-,19?,20?/m0/s1. The van der Waals surface area contributed by atoms with Crippen LogP contribution in [-0.2, 0) is 25.7 Å². The van der Waals surface area contributed by atoms with E-state index in [0.29, 0.717) is 41.8 Å². The van der Waals surface area contributed by atoms with Gasteiger partial charge in [0.1, 0.15) is 11.8 Å². The molecule has 2 fully saturated rings. The lowest BCUT2D eigenvalue weighted by Crippen LogP contribution is -2.43. The van der Waals surface area contributed by atoms with Crippen molar-refractivity contribution >= 4 is 52.2 Å². The number of nitro groups is 1. The maximum absolute atomic E-state index is 13.8. The largest absolute Gasteiger partial charge is 0.378 e. The van der Waals surface area contributed by atoms with Crippen LogP contribution in [0.3, 0.4) is 0 Å². The molecule has 3 aliphatic heterocycles. The van der Waals surface area contributed by atoms with E-state index >= 15 is 0 Å². The lowest BCUT2D eigenvalue weighted by atomic mass is 9.84. The van der Waals surface area contributed by atoms with E-state index in [2.05, 4.69) is 4.98 Å². The third-order valence-corrected chi connectivity index (χ3v) is 9.67. The van der Waals surface area contributed by atoms with E-state index in [1.54, 1.807) is 29.4 Å². The number of thiazole rings is 1. The first-order valence-electron chi connectivity index (χ1n) is 12.1. The highest BCUT2D eigenvalue weighted by molar-refractivity contribution is 8.00. The molecule has 39 heavy (non-hydrogen) atoms. The molecule has 0 aliphatic carbocycles. The van der Waals surface area contributed by atoms with E-state index in [-0.39, 0.29) is 28.7 Å². The highest BCUT2D eigenvalue weighted by atomic mass is 32.2. The third kappa shape index (κ3) is 4.33. The number of pyridine rings is 1. The Hall–Kier alpha value is -3.88. The van der Waals surface area contributed by atoms with Gasteiger partial charge in [-0.25, -0.2) is 4.90 Å². The van der Waals surface area contributed by atoms with Gasteiger partial charge in [-0.15, -0.1) is 0 Å². The number of ether oxygens (including phenoxy) is 1. The van der Waals surface area contributed by atoms with E-state index < -0.39 is 33.8 Å². The van der Waals surface area contributed by atoms with Crippen molar-refractivity contribution in [2.24, 2.45) is 5.92 Å². The number of carbonyl (C=O) groups excluding carboxylic acids is 3. The maximum Gasteiger partial charge on any atom is 0.308 e. The van der Waals surface area contributed by atoms with Crippen molar-refractivity contribution in [3.63, 3.8) is 0 Å². The monoisotopic (exact) mass is 567 g/mol. The molecular formula is C25H21N5O7S2. The lowest BCUT2D eigenvalue weighted by Gasteiger charge is -2.31. The molecule has 0 bridgehead atoms. The number of benzene rings is 1. The van der Waals surface area contributed by atoms with Crippen LogP contribution in [0.1, 0.15) is 16.4 Å². The molecule has 0 N–H and O–H groups in total. The minimum absolute atomic E-state index is 0.158. The van der Waals surface area contributed by atoms with Crippen LogP contribution in [0.2, 0.25) is 0 Å². The molecule has 0 radical (unpaired) electrons. The number of nitro benzene ring substituents is 1. The number of anilines is 1. The summed E-state index contributed by atoms with van der Waals surface area (Å²) in [5.74, 6) is -2.61. The van der Waals surface area contributed by atoms with Gasteiger partial charge in [0.05, 0.1) is 34.8 Å². The van der Waals surface area contributed by atoms with Gasteiger partial charge in [0, 0.05) is 48.4 Å². The van der Waals surface area contributed by atoms with E-state index in [0.717, 1.165) is 28.0 Å². The smallest absolute Gasteiger partial charge is 0.308 e. The second-order valence-corrected chi connectivity index (χ2v) is 11.4. The quantitative estimate of drug-likeness (QED) is 0.256. The zero-order valence-corrected chi connectivity index (χ0v) is 21.9. The molecule has 200 valence electrons. The normalized spacial score (nSPS) is 22.5. The number of imide groups is 1. The zero-order chi connectivity index (χ0) is 27.3. The summed E-state index contributed by atoms with van der Waals surface area (Å²) in [6.45, 7) is 1.56. The Labute approximate surface area is 229 Å². The Kier molecular flexibility index (Phi) is 6.53. The van der Waals surface area contributed by atoms with Crippen molar-refractivity contribution in [3.8, 4) is 0 Å². The number of hydrogen-bond acceptors (Lipinski definition) is 10. The average molecular weight is 568 g/mol. The van der Waals surface area contributed by atoms with Gasteiger partial charge in [-0.1, -0.05) is 29.2 Å². The zero-order valence-electron chi connectivity index (χ0n) is 20.3. The predicted molar refractivity (Wildman–Crippen MR) is 141 cm³/mol. The molecule has 3 aliphatic rings. The van der Waals surface area contributed by atoms with Gasteiger partial charge in [-0.3, -0.25) is 38.8 Å². The van der Waals surface area contributed by atoms with Crippen LogP contribution in [0.15, 0.2) is 58.6 Å². The molecule has 3 amide bonds. The van der Waals surface area contributed by atoms with Gasteiger partial charge in [0.25, 0.3) is 5.69 Å². The van der Waals surface area contributed by atoms with Crippen molar-refractivity contribution in [2.75, 3.05) is 31.2 Å². The first kappa shape index (κ1) is 25.4. The fourth-order valence-corrected chi connectivity index (χ4v) is 7.97. The fraction of sp³-hybridized carbons (Fsp3) is 0.320.